The van der Waals surface area contributed by atoms with Crippen molar-refractivity contribution in [3.8, 4) is 0 Å². The Morgan fingerprint density at radius 1 is 1.03 bits per heavy atom. The van der Waals surface area contributed by atoms with Crippen molar-refractivity contribution < 1.29 is 49.3 Å². The Morgan fingerprint density at radius 3 is 2.35 bits per heavy atom. The minimum absolute atomic E-state index is 0.0274. The molecule has 37 heavy (non-hydrogen) atoms. The minimum atomic E-state index is -1.53. The number of ether oxygens (including phenoxy) is 4. The van der Waals surface area contributed by atoms with Gasteiger partial charge in [-0.05, 0) is 39.3 Å². The fourth-order valence-electron chi connectivity index (χ4n) is 4.95. The topological polar surface area (TPSA) is 257 Å². The van der Waals surface area contributed by atoms with Gasteiger partial charge < -0.3 is 72.3 Å². The normalized spacial score (nSPS) is 43.5. The number of nitrogens with two attached hydrogens (primary N) is 3. The van der Waals surface area contributed by atoms with E-state index in [4.69, 9.17) is 36.1 Å². The van der Waals surface area contributed by atoms with Crippen LogP contribution in [-0.4, -0.2) is 138 Å². The molecule has 13 N–H and O–H groups in total. The zero-order valence-electron chi connectivity index (χ0n) is 21.0. The molecule has 3 fully saturated rings. The number of carbonyl (C=O) groups excluding carboxylic acids is 1. The fraction of sp³-hybridized carbons (Fsp3) is 0.955. The van der Waals surface area contributed by atoms with E-state index in [1.807, 2.05) is 0 Å². The predicted molar refractivity (Wildman–Crippen MR) is 128 cm³/mol. The van der Waals surface area contributed by atoms with Crippen molar-refractivity contribution in [3.05, 3.63) is 0 Å². The maximum absolute atomic E-state index is 12.4. The van der Waals surface area contributed by atoms with Gasteiger partial charge >= 0.3 is 0 Å². The molecule has 15 heteroatoms. The summed E-state index contributed by atoms with van der Waals surface area (Å²) in [7, 11) is 1.80. The molecular formula is C22H43N5O10. The van der Waals surface area contributed by atoms with Crippen molar-refractivity contribution in [1.29, 1.82) is 0 Å². The molecule has 1 saturated carbocycles. The van der Waals surface area contributed by atoms with Gasteiger partial charge in [-0.3, -0.25) is 4.79 Å². The van der Waals surface area contributed by atoms with Crippen molar-refractivity contribution in [1.82, 2.24) is 10.6 Å². The number of carbonyl (C=O) groups is 1. The van der Waals surface area contributed by atoms with Gasteiger partial charge in [0.2, 0.25) is 5.91 Å². The number of amides is 1. The molecule has 3 aliphatic rings. The minimum Gasteiger partial charge on any atom is -0.394 e. The van der Waals surface area contributed by atoms with Crippen LogP contribution in [0, 0.1) is 0 Å². The van der Waals surface area contributed by atoms with E-state index < -0.39 is 85.9 Å². The van der Waals surface area contributed by atoms with Crippen LogP contribution in [0.15, 0.2) is 0 Å². The lowest BCUT2D eigenvalue weighted by molar-refractivity contribution is -0.288. The zero-order valence-corrected chi connectivity index (χ0v) is 21.0. The second kappa shape index (κ2) is 13.8. The lowest BCUT2D eigenvalue weighted by Crippen LogP contribution is -2.67. The number of hydrogen-bond acceptors (Lipinski definition) is 14. The summed E-state index contributed by atoms with van der Waals surface area (Å²) < 4.78 is 23.5. The average Bonchev–Trinajstić information content (AvgIpc) is 3.14. The Bertz CT molecular complexity index is 725. The molecule has 2 heterocycles. The summed E-state index contributed by atoms with van der Waals surface area (Å²) in [5.74, 6) is -0.736. The van der Waals surface area contributed by atoms with Crippen LogP contribution in [0.5, 0.6) is 0 Å². The number of likely N-dealkylation sites (N-methyl/N-ethyl adjacent to an activating group) is 1. The molecule has 0 bridgehead atoms. The summed E-state index contributed by atoms with van der Waals surface area (Å²) in [6.45, 7) is 0.0954. The van der Waals surface area contributed by atoms with Gasteiger partial charge in [0.1, 0.15) is 42.7 Å². The van der Waals surface area contributed by atoms with Crippen LogP contribution in [0.3, 0.4) is 0 Å². The van der Waals surface area contributed by atoms with Crippen molar-refractivity contribution >= 4 is 5.91 Å². The Kier molecular flexibility index (Phi) is 11.4. The van der Waals surface area contributed by atoms with Gasteiger partial charge in [-0.2, -0.15) is 0 Å². The van der Waals surface area contributed by atoms with Crippen LogP contribution >= 0.6 is 0 Å². The highest BCUT2D eigenvalue weighted by Crippen LogP contribution is 2.32. The molecule has 1 amide bonds. The van der Waals surface area contributed by atoms with E-state index in [2.05, 4.69) is 10.6 Å². The first-order valence-electron chi connectivity index (χ1n) is 12.7. The lowest BCUT2D eigenvalue weighted by Gasteiger charge is -2.46. The van der Waals surface area contributed by atoms with Crippen LogP contribution in [-0.2, 0) is 23.7 Å². The number of rotatable bonds is 11. The quantitative estimate of drug-likeness (QED) is 0.118. The lowest BCUT2D eigenvalue weighted by atomic mass is 9.83. The van der Waals surface area contributed by atoms with Crippen LogP contribution in [0.1, 0.15) is 25.7 Å². The van der Waals surface area contributed by atoms with Crippen LogP contribution in [0.2, 0.25) is 0 Å². The summed E-state index contributed by atoms with van der Waals surface area (Å²) in [6, 6.07) is -2.23. The molecule has 2 saturated heterocycles. The predicted octanol–water partition coefficient (Wildman–Crippen LogP) is -5.47. The van der Waals surface area contributed by atoms with E-state index in [-0.39, 0.29) is 25.5 Å². The van der Waals surface area contributed by atoms with Gasteiger partial charge in [0.25, 0.3) is 0 Å². The summed E-state index contributed by atoms with van der Waals surface area (Å²) in [6.07, 6.45) is -10.2. The molecule has 8 unspecified atom stereocenters. The second-order valence-corrected chi connectivity index (χ2v) is 9.93. The molecule has 3 rings (SSSR count). The second-order valence-electron chi connectivity index (χ2n) is 9.93. The van der Waals surface area contributed by atoms with Crippen molar-refractivity contribution in [2.45, 2.75) is 105 Å². The molecule has 0 radical (unpaired) electrons. The molecule has 0 spiro atoms. The molecular weight excluding hydrogens is 494 g/mol. The Balaban J connectivity index is 1.80. The van der Waals surface area contributed by atoms with E-state index in [0.29, 0.717) is 13.0 Å². The highest BCUT2D eigenvalue weighted by molar-refractivity contribution is 5.80. The van der Waals surface area contributed by atoms with Crippen molar-refractivity contribution in [2.75, 3.05) is 26.7 Å². The number of aliphatic hydroxyl groups is 5. The van der Waals surface area contributed by atoms with E-state index in [1.165, 1.54) is 0 Å². The Labute approximate surface area is 215 Å². The zero-order chi connectivity index (χ0) is 27.3. The summed E-state index contributed by atoms with van der Waals surface area (Å²) in [5.41, 5.74) is 18.1. The van der Waals surface area contributed by atoms with Gasteiger partial charge in [-0.25, -0.2) is 0 Å². The summed E-state index contributed by atoms with van der Waals surface area (Å²) in [5, 5.41) is 56.8. The third-order valence-electron chi connectivity index (χ3n) is 7.10. The van der Waals surface area contributed by atoms with Gasteiger partial charge in [-0.15, -0.1) is 0 Å². The Morgan fingerprint density at radius 2 is 1.73 bits per heavy atom. The summed E-state index contributed by atoms with van der Waals surface area (Å²) >= 11 is 0. The smallest absolute Gasteiger partial charge is 0.249 e. The average molecular weight is 538 g/mol. The molecule has 0 aromatic carbocycles. The standard InChI is InChI=1S/C22H43N5O10/c1-26-7-9-2-3-10(24)21(34-9)36-18-11(25)6-12(27-20(33)13(29)4-5-23)15(30)19(18)37-22-17(32)16(31)14(8-28)35-22/h9-19,21-22,26,28-32H,2-8,23-25H2,1H3,(H,27,33)/t9?,10?,11?,12-,13?,14-,15?,16?,17?,18-,19?,21-,22+/m1/s1. The number of aliphatic hydroxyl groups excluding tert-OH is 5. The number of nitrogens with one attached hydrogen (secondary N) is 2. The highest BCUT2D eigenvalue weighted by Gasteiger charge is 2.51. The third-order valence-corrected chi connectivity index (χ3v) is 7.10. The van der Waals surface area contributed by atoms with E-state index in [9.17, 15) is 30.3 Å². The SMILES string of the molecule is CNCC1CCC(N)[C@@H](O[C@@H]2C(N)C[C@@H](NC(=O)C(O)CCN)C(O)C2O[C@@H]2O[C@H](CO)C(O)C2O)O1. The highest BCUT2D eigenvalue weighted by atomic mass is 16.7. The fourth-order valence-corrected chi connectivity index (χ4v) is 4.95. The first-order valence-corrected chi connectivity index (χ1v) is 12.7. The molecule has 216 valence electrons. The number of hydrogen-bond donors (Lipinski definition) is 10. The van der Waals surface area contributed by atoms with Crippen molar-refractivity contribution in [2.24, 2.45) is 17.2 Å². The molecule has 1 aliphatic carbocycles. The van der Waals surface area contributed by atoms with Gasteiger partial charge in [0, 0.05) is 12.6 Å². The van der Waals surface area contributed by atoms with Crippen LogP contribution in [0.25, 0.3) is 0 Å². The van der Waals surface area contributed by atoms with Gasteiger partial charge in [0.05, 0.1) is 24.8 Å². The van der Waals surface area contributed by atoms with E-state index in [1.54, 1.807) is 7.05 Å². The Hall–Kier alpha value is -1.05. The van der Waals surface area contributed by atoms with Crippen LogP contribution < -0.4 is 27.8 Å². The maximum Gasteiger partial charge on any atom is 0.249 e. The van der Waals surface area contributed by atoms with Crippen LogP contribution in [0.4, 0.5) is 0 Å². The largest absolute Gasteiger partial charge is 0.394 e. The summed E-state index contributed by atoms with van der Waals surface area (Å²) in [4.78, 5) is 12.4. The van der Waals surface area contributed by atoms with Gasteiger partial charge in [-0.1, -0.05) is 0 Å². The first kappa shape index (κ1) is 30.5. The molecule has 15 nitrogen and oxygen atoms in total. The van der Waals surface area contributed by atoms with Gasteiger partial charge in [0.15, 0.2) is 12.6 Å². The molecule has 13 atom stereocenters. The molecule has 2 aliphatic heterocycles. The van der Waals surface area contributed by atoms with E-state index in [0.717, 1.165) is 6.42 Å². The first-order chi connectivity index (χ1) is 17.6. The van der Waals surface area contributed by atoms with Crippen molar-refractivity contribution in [3.63, 3.8) is 0 Å². The molecule has 0 aromatic heterocycles. The molecule has 0 aromatic rings. The maximum atomic E-state index is 12.4. The van der Waals surface area contributed by atoms with E-state index >= 15 is 0 Å². The third kappa shape index (κ3) is 7.33. The monoisotopic (exact) mass is 537 g/mol.